The number of anilines is 2. The smallest absolute Gasteiger partial charge is 0.414 e. The predicted molar refractivity (Wildman–Crippen MR) is 162 cm³/mol. The molecule has 0 radical (unpaired) electrons. The molecule has 4 aliphatic heterocycles. The van der Waals surface area contributed by atoms with Crippen LogP contribution in [0.1, 0.15) is 30.0 Å². The summed E-state index contributed by atoms with van der Waals surface area (Å²) in [4.78, 5) is 45.4. The molecule has 0 saturated carbocycles. The number of cyclic esters (lactones) is 1. The fourth-order valence-electron chi connectivity index (χ4n) is 7.67. The van der Waals surface area contributed by atoms with Crippen LogP contribution in [0, 0.1) is 5.92 Å². The number of aliphatic hydroxyl groups is 1. The monoisotopic (exact) mass is 607 g/mol. The minimum atomic E-state index is -3.51. The van der Waals surface area contributed by atoms with Crippen LogP contribution in [-0.2, 0) is 37.6 Å². The lowest BCUT2D eigenvalue weighted by Gasteiger charge is -2.37. The molecule has 5 atom stereocenters. The van der Waals surface area contributed by atoms with Crippen LogP contribution >= 0.6 is 0 Å². The van der Waals surface area contributed by atoms with Crippen molar-refractivity contribution in [2.45, 2.75) is 62.7 Å². The largest absolute Gasteiger partial charge is 0.447 e. The fourth-order valence-corrected chi connectivity index (χ4v) is 10.2. The van der Waals surface area contributed by atoms with Crippen molar-refractivity contribution in [3.63, 3.8) is 0 Å². The van der Waals surface area contributed by atoms with Crippen molar-refractivity contribution in [1.82, 2.24) is 4.90 Å². The number of hydrogen-bond donors (Lipinski definition) is 1. The van der Waals surface area contributed by atoms with Gasteiger partial charge >= 0.3 is 6.09 Å². The number of halogens is 1. The Kier molecular flexibility index (Phi) is 7.46. The second-order valence-electron chi connectivity index (χ2n) is 12.5. The van der Waals surface area contributed by atoms with Gasteiger partial charge in [0.1, 0.15) is 6.61 Å². The van der Waals surface area contributed by atoms with Gasteiger partial charge in [-0.25, -0.2) is 4.79 Å². The molecule has 3 amide bonds. The number of nitrogens with zero attached hydrogens (tertiary/aromatic N) is 3. The van der Waals surface area contributed by atoms with E-state index >= 15 is 4.11 Å². The van der Waals surface area contributed by atoms with Gasteiger partial charge in [-0.05, 0) is 48.8 Å². The van der Waals surface area contributed by atoms with Gasteiger partial charge in [-0.15, -0.1) is 6.58 Å². The third-order valence-corrected chi connectivity index (χ3v) is 12.0. The first-order chi connectivity index (χ1) is 20.5. The van der Waals surface area contributed by atoms with Crippen molar-refractivity contribution in [3.8, 4) is 0 Å². The summed E-state index contributed by atoms with van der Waals surface area (Å²) in [6.07, 6.45) is 0.717. The Bertz CT molecular complexity index is 1480. The zero-order chi connectivity index (χ0) is 30.7. The molecule has 2 aromatic rings. The highest BCUT2D eigenvalue weighted by molar-refractivity contribution is 6.72. The zero-order valence-electron chi connectivity index (χ0n) is 24.8. The molecule has 228 valence electrons. The summed E-state index contributed by atoms with van der Waals surface area (Å²) in [6, 6.07) is 12.8. The molecule has 1 N–H and O–H groups in total. The fraction of sp³-hybridized carbons (Fsp3) is 0.469. The molecule has 2 saturated heterocycles. The summed E-state index contributed by atoms with van der Waals surface area (Å²) in [5, 5.41) is 10.2. The molecule has 2 aromatic carbocycles. The molecule has 11 heteroatoms. The van der Waals surface area contributed by atoms with Gasteiger partial charge in [0.05, 0.1) is 37.4 Å². The van der Waals surface area contributed by atoms with Gasteiger partial charge in [-0.1, -0.05) is 37.3 Å². The second-order valence-corrected chi connectivity index (χ2v) is 16.3. The number of fused-ring (bicyclic) bond motifs is 3. The van der Waals surface area contributed by atoms with Crippen molar-refractivity contribution in [2.24, 2.45) is 5.92 Å². The Morgan fingerprint density at radius 3 is 2.60 bits per heavy atom. The number of rotatable bonds is 7. The third-order valence-electron chi connectivity index (χ3n) is 9.59. The highest BCUT2D eigenvalue weighted by Crippen LogP contribution is 2.60. The van der Waals surface area contributed by atoms with E-state index in [9.17, 15) is 19.5 Å². The maximum absolute atomic E-state index is 16.3. The van der Waals surface area contributed by atoms with E-state index in [1.807, 2.05) is 31.2 Å². The van der Waals surface area contributed by atoms with Crippen LogP contribution in [0.15, 0.2) is 55.1 Å². The zero-order valence-corrected chi connectivity index (χ0v) is 25.8. The van der Waals surface area contributed by atoms with E-state index in [-0.39, 0.29) is 38.0 Å². The van der Waals surface area contributed by atoms with E-state index in [2.05, 4.69) is 6.58 Å². The van der Waals surface area contributed by atoms with Crippen LogP contribution < -0.4 is 9.80 Å². The number of hydrogen-bond acceptors (Lipinski definition) is 6. The van der Waals surface area contributed by atoms with E-state index in [0.717, 1.165) is 11.1 Å². The second kappa shape index (κ2) is 10.9. The molecule has 0 aromatic heterocycles. The van der Waals surface area contributed by atoms with Crippen LogP contribution in [0.4, 0.5) is 20.3 Å². The van der Waals surface area contributed by atoms with Crippen LogP contribution in [-0.4, -0.2) is 74.8 Å². The average Bonchev–Trinajstić information content (AvgIpc) is 3.61. The SMILES string of the molecule is C=CCN1C(=O)[C@@]2(O[C@@H](CC(=O)N3Cc4ccccc4C[C@H]3CO)[C@H]([Si](C)(C)F)[C@H]2C)c2cc(N3CCOC3=O)ccc21. The number of benzene rings is 2. The summed E-state index contributed by atoms with van der Waals surface area (Å²) in [5.41, 5.74) is 1.65. The van der Waals surface area contributed by atoms with Crippen LogP contribution in [0.2, 0.25) is 18.6 Å². The van der Waals surface area contributed by atoms with Gasteiger partial charge in [-0.3, -0.25) is 14.5 Å². The first-order valence-electron chi connectivity index (χ1n) is 14.9. The van der Waals surface area contributed by atoms with E-state index in [1.54, 1.807) is 47.2 Å². The van der Waals surface area contributed by atoms with Crippen molar-refractivity contribution < 1.29 is 33.1 Å². The molecule has 4 aliphatic rings. The Labute approximate surface area is 252 Å². The average molecular weight is 608 g/mol. The molecule has 0 bridgehead atoms. The molecule has 1 spiro atoms. The van der Waals surface area contributed by atoms with Crippen LogP contribution in [0.25, 0.3) is 0 Å². The Hall–Kier alpha value is -3.54. The van der Waals surface area contributed by atoms with Crippen molar-refractivity contribution in [3.05, 3.63) is 71.8 Å². The molecule has 6 rings (SSSR count). The lowest BCUT2D eigenvalue weighted by atomic mass is 9.82. The van der Waals surface area contributed by atoms with E-state index in [4.69, 9.17) is 9.47 Å². The summed E-state index contributed by atoms with van der Waals surface area (Å²) in [5.74, 6) is -1.16. The minimum Gasteiger partial charge on any atom is -0.447 e. The van der Waals surface area contributed by atoms with Crippen molar-refractivity contribution in [1.29, 1.82) is 0 Å². The van der Waals surface area contributed by atoms with Crippen LogP contribution in [0.5, 0.6) is 0 Å². The van der Waals surface area contributed by atoms with E-state index < -0.39 is 43.7 Å². The molecular weight excluding hydrogens is 569 g/mol. The number of amides is 3. The number of ether oxygens (including phenoxy) is 2. The van der Waals surface area contributed by atoms with E-state index in [1.165, 1.54) is 4.90 Å². The number of aliphatic hydroxyl groups excluding tert-OH is 1. The predicted octanol–water partition coefficient (Wildman–Crippen LogP) is 4.29. The minimum absolute atomic E-state index is 0.113. The highest BCUT2D eigenvalue weighted by Gasteiger charge is 2.67. The maximum Gasteiger partial charge on any atom is 0.414 e. The number of carbonyl (C=O) groups excluding carboxylic acids is 3. The summed E-state index contributed by atoms with van der Waals surface area (Å²) in [7, 11) is -3.51. The van der Waals surface area contributed by atoms with E-state index in [0.29, 0.717) is 36.4 Å². The lowest BCUT2D eigenvalue weighted by Crippen LogP contribution is -2.48. The topological polar surface area (TPSA) is 99.6 Å². The standard InChI is InChI=1S/C32H38FN3O6Si/c1-5-12-35-26-11-10-23(34-13-14-41-31(34)40)16-25(26)32(30(35)39)20(2)29(43(3,4)33)27(42-32)17-28(38)36-18-22-9-7-6-8-21(22)15-24(36)19-37/h5-11,16,20,24,27,29,37H,1,12-15,17-19H2,2-4H3/t20-,24+,27+,29-,32+/m1/s1. The third kappa shape index (κ3) is 4.68. The molecular formula is C32H38FN3O6Si. The lowest BCUT2D eigenvalue weighted by molar-refractivity contribution is -0.150. The van der Waals surface area contributed by atoms with Gasteiger partial charge in [0.15, 0.2) is 5.60 Å². The van der Waals surface area contributed by atoms with Gasteiger partial charge in [0.25, 0.3) is 5.91 Å². The normalized spacial score (nSPS) is 28.3. The first-order valence-corrected chi connectivity index (χ1v) is 17.8. The maximum atomic E-state index is 16.3. The van der Waals surface area contributed by atoms with Crippen molar-refractivity contribution in [2.75, 3.05) is 36.1 Å². The van der Waals surface area contributed by atoms with Gasteiger partial charge in [0.2, 0.25) is 14.3 Å². The molecule has 4 heterocycles. The highest BCUT2D eigenvalue weighted by atomic mass is 28.4. The Balaban J connectivity index is 1.38. The molecule has 2 fully saturated rings. The van der Waals surface area contributed by atoms with Gasteiger partial charge < -0.3 is 28.5 Å². The quantitative estimate of drug-likeness (QED) is 0.287. The number of carbonyl (C=O) groups is 3. The Morgan fingerprint density at radius 1 is 1.21 bits per heavy atom. The summed E-state index contributed by atoms with van der Waals surface area (Å²) >= 11 is 0. The van der Waals surface area contributed by atoms with Gasteiger partial charge in [-0.2, -0.15) is 0 Å². The summed E-state index contributed by atoms with van der Waals surface area (Å²) in [6.45, 7) is 9.88. The van der Waals surface area contributed by atoms with Crippen LogP contribution in [0.3, 0.4) is 0 Å². The van der Waals surface area contributed by atoms with Crippen molar-refractivity contribution >= 4 is 37.7 Å². The molecule has 0 aliphatic carbocycles. The van der Waals surface area contributed by atoms with Gasteiger partial charge in [0, 0.05) is 35.8 Å². The molecule has 0 unspecified atom stereocenters. The first kappa shape index (κ1) is 29.5. The summed E-state index contributed by atoms with van der Waals surface area (Å²) < 4.78 is 28.2. The molecule has 43 heavy (non-hydrogen) atoms. The Morgan fingerprint density at radius 2 is 1.95 bits per heavy atom. The molecule has 9 nitrogen and oxygen atoms in total.